The van der Waals surface area contributed by atoms with E-state index < -0.39 is 0 Å². The molecule has 1 heterocycles. The maximum atomic E-state index is 3.51. The van der Waals surface area contributed by atoms with E-state index in [9.17, 15) is 0 Å². The van der Waals surface area contributed by atoms with Crippen LogP contribution in [0.1, 0.15) is 41.0 Å². The highest BCUT2D eigenvalue weighted by atomic mass is 14.9. The highest BCUT2D eigenvalue weighted by molar-refractivity contribution is 5.54. The zero-order valence-corrected chi connectivity index (χ0v) is 12.4. The van der Waals surface area contributed by atoms with Gasteiger partial charge in [0.1, 0.15) is 0 Å². The second-order valence-electron chi connectivity index (χ2n) is 5.91. The Bertz CT molecular complexity index is 580. The predicted octanol–water partition coefficient (Wildman–Crippen LogP) is 4.84. The summed E-state index contributed by atoms with van der Waals surface area (Å²) >= 11 is 0. The molecule has 1 atom stereocenters. The van der Waals surface area contributed by atoms with E-state index in [0.29, 0.717) is 5.92 Å². The second kappa shape index (κ2) is 5.70. The number of benzene rings is 2. The average molecular weight is 265 g/mol. The summed E-state index contributed by atoms with van der Waals surface area (Å²) in [6, 6.07) is 15.4. The smallest absolute Gasteiger partial charge is 0.0375 e. The molecule has 1 unspecified atom stereocenters. The van der Waals surface area contributed by atoms with Crippen molar-refractivity contribution in [2.75, 3.05) is 11.9 Å². The molecule has 1 nitrogen and oxygen atoms in total. The van der Waals surface area contributed by atoms with E-state index in [2.05, 4.69) is 61.6 Å². The lowest BCUT2D eigenvalue weighted by Crippen LogP contribution is -2.17. The molecule has 0 radical (unpaired) electrons. The van der Waals surface area contributed by atoms with Crippen LogP contribution in [0.2, 0.25) is 0 Å². The van der Waals surface area contributed by atoms with Crippen LogP contribution >= 0.6 is 0 Å². The van der Waals surface area contributed by atoms with Gasteiger partial charge >= 0.3 is 0 Å². The molecule has 104 valence electrons. The summed E-state index contributed by atoms with van der Waals surface area (Å²) in [6.45, 7) is 5.58. The van der Waals surface area contributed by atoms with Crippen LogP contribution < -0.4 is 5.32 Å². The van der Waals surface area contributed by atoms with Gasteiger partial charge in [-0.3, -0.25) is 0 Å². The van der Waals surface area contributed by atoms with Crippen LogP contribution in [0.4, 0.5) is 5.69 Å². The van der Waals surface area contributed by atoms with Crippen molar-refractivity contribution in [3.8, 4) is 0 Å². The molecule has 0 aliphatic carbocycles. The van der Waals surface area contributed by atoms with Crippen LogP contribution in [0, 0.1) is 13.8 Å². The molecule has 1 N–H and O–H groups in total. The summed E-state index contributed by atoms with van der Waals surface area (Å²) < 4.78 is 0. The van der Waals surface area contributed by atoms with Crippen molar-refractivity contribution >= 4 is 5.69 Å². The fourth-order valence-corrected chi connectivity index (χ4v) is 3.41. The fourth-order valence-electron chi connectivity index (χ4n) is 3.41. The van der Waals surface area contributed by atoms with Gasteiger partial charge in [0.2, 0.25) is 0 Å². The van der Waals surface area contributed by atoms with Crippen molar-refractivity contribution in [3.05, 3.63) is 64.7 Å². The molecule has 3 rings (SSSR count). The molecule has 0 aromatic heterocycles. The number of hydrogen-bond acceptors (Lipinski definition) is 1. The molecule has 20 heavy (non-hydrogen) atoms. The summed E-state index contributed by atoms with van der Waals surface area (Å²) in [6.07, 6.45) is 3.70. The van der Waals surface area contributed by atoms with Crippen molar-refractivity contribution in [1.82, 2.24) is 0 Å². The SMILES string of the molecule is Cc1cccc(C)c1CCC1CCNc2ccccc21. The van der Waals surface area contributed by atoms with Crippen LogP contribution in [0.25, 0.3) is 0 Å². The number of aryl methyl sites for hydroxylation is 2. The summed E-state index contributed by atoms with van der Waals surface area (Å²) in [5, 5.41) is 3.51. The minimum absolute atomic E-state index is 0.700. The minimum atomic E-state index is 0.700. The Morgan fingerprint density at radius 3 is 2.55 bits per heavy atom. The monoisotopic (exact) mass is 265 g/mol. The molecule has 2 aromatic rings. The van der Waals surface area contributed by atoms with Crippen molar-refractivity contribution in [2.45, 2.75) is 39.0 Å². The number of para-hydroxylation sites is 1. The molecule has 0 bridgehead atoms. The first kappa shape index (κ1) is 13.2. The standard InChI is InChI=1S/C19H23N/c1-14-6-5-7-15(2)17(14)11-10-16-12-13-20-19-9-4-3-8-18(16)19/h3-9,16,20H,10-13H2,1-2H3. The third-order valence-corrected chi connectivity index (χ3v) is 4.60. The molecule has 1 aliphatic rings. The van der Waals surface area contributed by atoms with Gasteiger partial charge in [-0.2, -0.15) is 0 Å². The van der Waals surface area contributed by atoms with Crippen LogP contribution in [0.15, 0.2) is 42.5 Å². The van der Waals surface area contributed by atoms with Crippen molar-refractivity contribution in [2.24, 2.45) is 0 Å². The van der Waals surface area contributed by atoms with E-state index >= 15 is 0 Å². The fraction of sp³-hybridized carbons (Fsp3) is 0.368. The second-order valence-corrected chi connectivity index (χ2v) is 5.91. The van der Waals surface area contributed by atoms with Gasteiger partial charge in [0.05, 0.1) is 0 Å². The molecular formula is C19H23N. The van der Waals surface area contributed by atoms with Gasteiger partial charge in [0.25, 0.3) is 0 Å². The zero-order chi connectivity index (χ0) is 13.9. The largest absolute Gasteiger partial charge is 0.385 e. The topological polar surface area (TPSA) is 12.0 Å². The van der Waals surface area contributed by atoms with Gasteiger partial charge in [0.15, 0.2) is 0 Å². The lowest BCUT2D eigenvalue weighted by molar-refractivity contribution is 0.577. The van der Waals surface area contributed by atoms with E-state index in [0.717, 1.165) is 6.54 Å². The lowest BCUT2D eigenvalue weighted by Gasteiger charge is -2.27. The summed E-state index contributed by atoms with van der Waals surface area (Å²) in [5.74, 6) is 0.700. The first-order valence-electron chi connectivity index (χ1n) is 7.63. The minimum Gasteiger partial charge on any atom is -0.385 e. The normalized spacial score (nSPS) is 17.4. The van der Waals surface area contributed by atoms with E-state index in [4.69, 9.17) is 0 Å². The third kappa shape index (κ3) is 2.58. The molecule has 0 amide bonds. The molecule has 0 spiro atoms. The Kier molecular flexibility index (Phi) is 3.77. The Balaban J connectivity index is 1.77. The number of hydrogen-bond donors (Lipinski definition) is 1. The molecule has 0 saturated carbocycles. The molecule has 1 aliphatic heterocycles. The van der Waals surface area contributed by atoms with E-state index in [1.807, 2.05) is 0 Å². The van der Waals surface area contributed by atoms with E-state index in [1.165, 1.54) is 41.6 Å². The highest BCUT2D eigenvalue weighted by Crippen LogP contribution is 2.34. The van der Waals surface area contributed by atoms with Crippen molar-refractivity contribution in [1.29, 1.82) is 0 Å². The van der Waals surface area contributed by atoms with E-state index in [1.54, 1.807) is 5.56 Å². The predicted molar refractivity (Wildman–Crippen MR) is 86.5 cm³/mol. The molecule has 1 heteroatoms. The maximum Gasteiger partial charge on any atom is 0.0375 e. The maximum absolute atomic E-state index is 3.51. The third-order valence-electron chi connectivity index (χ3n) is 4.60. The van der Waals surface area contributed by atoms with Crippen LogP contribution in [0.5, 0.6) is 0 Å². The van der Waals surface area contributed by atoms with Crippen molar-refractivity contribution < 1.29 is 0 Å². The van der Waals surface area contributed by atoms with Gasteiger partial charge in [-0.25, -0.2) is 0 Å². The Labute approximate surface area is 122 Å². The van der Waals surface area contributed by atoms with Gasteiger partial charge in [0, 0.05) is 12.2 Å². The van der Waals surface area contributed by atoms with E-state index in [-0.39, 0.29) is 0 Å². The van der Waals surface area contributed by atoms with Gasteiger partial charge in [-0.1, -0.05) is 36.4 Å². The van der Waals surface area contributed by atoms with Crippen LogP contribution in [-0.2, 0) is 6.42 Å². The van der Waals surface area contributed by atoms with Crippen LogP contribution in [0.3, 0.4) is 0 Å². The Morgan fingerprint density at radius 1 is 1.00 bits per heavy atom. The molecule has 2 aromatic carbocycles. The van der Waals surface area contributed by atoms with Gasteiger partial charge in [-0.05, 0) is 67.3 Å². The number of rotatable bonds is 3. The lowest BCUT2D eigenvalue weighted by atomic mass is 9.85. The molecule has 0 saturated heterocycles. The molecule has 0 fully saturated rings. The first-order chi connectivity index (χ1) is 9.75. The average Bonchev–Trinajstić information content (AvgIpc) is 2.47. The molecular weight excluding hydrogens is 242 g/mol. The van der Waals surface area contributed by atoms with Crippen molar-refractivity contribution in [3.63, 3.8) is 0 Å². The number of fused-ring (bicyclic) bond motifs is 1. The summed E-state index contributed by atoms with van der Waals surface area (Å²) in [7, 11) is 0. The van der Waals surface area contributed by atoms with Gasteiger partial charge < -0.3 is 5.32 Å². The Morgan fingerprint density at radius 2 is 1.75 bits per heavy atom. The van der Waals surface area contributed by atoms with Gasteiger partial charge in [-0.15, -0.1) is 0 Å². The Hall–Kier alpha value is -1.76. The highest BCUT2D eigenvalue weighted by Gasteiger charge is 2.19. The zero-order valence-electron chi connectivity index (χ0n) is 12.4. The quantitative estimate of drug-likeness (QED) is 0.837. The number of anilines is 1. The number of nitrogens with one attached hydrogen (secondary N) is 1. The first-order valence-corrected chi connectivity index (χ1v) is 7.63. The summed E-state index contributed by atoms with van der Waals surface area (Å²) in [4.78, 5) is 0. The summed E-state index contributed by atoms with van der Waals surface area (Å²) in [5.41, 5.74) is 7.26. The van der Waals surface area contributed by atoms with Crippen LogP contribution in [-0.4, -0.2) is 6.54 Å².